The van der Waals surface area contributed by atoms with Crippen LogP contribution in [0.4, 0.5) is 4.39 Å². The maximum absolute atomic E-state index is 14.4. The van der Waals surface area contributed by atoms with Crippen LogP contribution in [0, 0.1) is 5.82 Å². The molecule has 2 aliphatic heterocycles. The maximum Gasteiger partial charge on any atom is 0.216 e. The summed E-state index contributed by atoms with van der Waals surface area (Å²) in [6.07, 6.45) is 1.72. The van der Waals surface area contributed by atoms with Gasteiger partial charge in [0.25, 0.3) is 0 Å². The van der Waals surface area contributed by atoms with Crippen molar-refractivity contribution in [2.45, 2.75) is 18.7 Å². The van der Waals surface area contributed by atoms with E-state index in [1.165, 1.54) is 6.07 Å². The molecule has 2 aromatic carbocycles. The van der Waals surface area contributed by atoms with Gasteiger partial charge in [-0.15, -0.1) is 0 Å². The first kappa shape index (κ1) is 14.3. The molecule has 0 saturated heterocycles. The molecular weight excluding hydrogens is 319 g/mol. The highest BCUT2D eigenvalue weighted by molar-refractivity contribution is 5.99. The van der Waals surface area contributed by atoms with E-state index in [2.05, 4.69) is 0 Å². The first-order chi connectivity index (χ1) is 12.3. The first-order valence-electron chi connectivity index (χ1n) is 8.21. The summed E-state index contributed by atoms with van der Waals surface area (Å²) in [5, 5.41) is 6.56. The molecule has 3 heterocycles. The van der Waals surface area contributed by atoms with Crippen LogP contribution in [0.1, 0.15) is 35.6 Å². The third-order valence-electron chi connectivity index (χ3n) is 4.68. The van der Waals surface area contributed by atoms with Gasteiger partial charge in [0.15, 0.2) is 0 Å². The number of fused-ring (bicyclic) bond motifs is 3. The molecule has 25 heavy (non-hydrogen) atoms. The predicted octanol–water partition coefficient (Wildman–Crippen LogP) is 4.66. The molecule has 3 aromatic rings. The van der Waals surface area contributed by atoms with E-state index in [-0.39, 0.29) is 11.9 Å². The lowest BCUT2D eigenvalue weighted by molar-refractivity contribution is -0.0212. The van der Waals surface area contributed by atoms with Crippen molar-refractivity contribution in [1.82, 2.24) is 5.01 Å². The average Bonchev–Trinajstić information content (AvgIpc) is 3.31. The summed E-state index contributed by atoms with van der Waals surface area (Å²) in [5.41, 5.74) is 2.38. The van der Waals surface area contributed by atoms with Crippen molar-refractivity contribution in [3.8, 4) is 5.75 Å². The summed E-state index contributed by atoms with van der Waals surface area (Å²) in [6, 6.07) is 18.3. The molecule has 5 heteroatoms. The highest BCUT2D eigenvalue weighted by Crippen LogP contribution is 2.47. The van der Waals surface area contributed by atoms with E-state index in [0.29, 0.717) is 12.0 Å². The van der Waals surface area contributed by atoms with Crippen LogP contribution >= 0.6 is 0 Å². The SMILES string of the molecule is Fc1ccccc1[C@H]1Oc2ccccc2[C@@H]2CC(c3ccco3)=NN12. The van der Waals surface area contributed by atoms with Crippen molar-refractivity contribution in [2.24, 2.45) is 5.10 Å². The van der Waals surface area contributed by atoms with E-state index in [9.17, 15) is 4.39 Å². The smallest absolute Gasteiger partial charge is 0.216 e. The molecule has 5 rings (SSSR count). The molecule has 2 atom stereocenters. The van der Waals surface area contributed by atoms with Crippen LogP contribution < -0.4 is 4.74 Å². The Balaban J connectivity index is 1.63. The van der Waals surface area contributed by atoms with E-state index in [1.54, 1.807) is 18.4 Å². The van der Waals surface area contributed by atoms with Crippen molar-refractivity contribution in [3.63, 3.8) is 0 Å². The van der Waals surface area contributed by atoms with Crippen molar-refractivity contribution < 1.29 is 13.5 Å². The minimum atomic E-state index is -0.603. The number of halogens is 1. The molecule has 0 amide bonds. The van der Waals surface area contributed by atoms with Gasteiger partial charge in [0.1, 0.15) is 23.0 Å². The molecule has 0 N–H and O–H groups in total. The lowest BCUT2D eigenvalue weighted by Gasteiger charge is -2.38. The number of ether oxygens (including phenoxy) is 1. The molecule has 2 aliphatic rings. The minimum absolute atomic E-state index is 0.00495. The van der Waals surface area contributed by atoms with Crippen LogP contribution in [0.25, 0.3) is 0 Å². The molecule has 0 saturated carbocycles. The molecular formula is C20H15FN2O2. The molecule has 1 aromatic heterocycles. The summed E-state index contributed by atoms with van der Waals surface area (Å²) < 4.78 is 26.0. The van der Waals surface area contributed by atoms with Crippen LogP contribution in [-0.4, -0.2) is 10.7 Å². The number of hydrogen-bond acceptors (Lipinski definition) is 4. The Bertz CT molecular complexity index is 952. The summed E-state index contributed by atoms with van der Waals surface area (Å²) >= 11 is 0. The number of hydrazone groups is 1. The Morgan fingerprint density at radius 2 is 1.76 bits per heavy atom. The quantitative estimate of drug-likeness (QED) is 0.684. The number of rotatable bonds is 2. The lowest BCUT2D eigenvalue weighted by atomic mass is 9.97. The van der Waals surface area contributed by atoms with Gasteiger partial charge in [-0.05, 0) is 24.3 Å². The third-order valence-corrected chi connectivity index (χ3v) is 4.68. The second-order valence-electron chi connectivity index (χ2n) is 6.15. The molecule has 0 fully saturated rings. The van der Waals surface area contributed by atoms with Gasteiger partial charge in [-0.25, -0.2) is 9.40 Å². The number of hydrogen-bond donors (Lipinski definition) is 0. The van der Waals surface area contributed by atoms with Crippen molar-refractivity contribution >= 4 is 5.71 Å². The van der Waals surface area contributed by atoms with Crippen LogP contribution in [0.5, 0.6) is 5.75 Å². The molecule has 0 unspecified atom stereocenters. The number of benzene rings is 2. The molecule has 0 spiro atoms. The largest absolute Gasteiger partial charge is 0.464 e. The van der Waals surface area contributed by atoms with Crippen LogP contribution in [0.2, 0.25) is 0 Å². The second-order valence-corrected chi connectivity index (χ2v) is 6.15. The highest BCUT2D eigenvalue weighted by atomic mass is 19.1. The second kappa shape index (κ2) is 5.48. The zero-order valence-corrected chi connectivity index (χ0v) is 13.3. The van der Waals surface area contributed by atoms with Crippen LogP contribution in [-0.2, 0) is 0 Å². The fraction of sp³-hybridized carbons (Fsp3) is 0.150. The Labute approximate surface area is 144 Å². The zero-order chi connectivity index (χ0) is 16.8. The van der Waals surface area contributed by atoms with Crippen molar-refractivity contribution in [1.29, 1.82) is 0 Å². The molecule has 0 aliphatic carbocycles. The summed E-state index contributed by atoms with van der Waals surface area (Å²) in [4.78, 5) is 0. The number of para-hydroxylation sites is 1. The molecule has 4 nitrogen and oxygen atoms in total. The van der Waals surface area contributed by atoms with Gasteiger partial charge < -0.3 is 9.15 Å². The lowest BCUT2D eigenvalue weighted by Crippen LogP contribution is -2.34. The van der Waals surface area contributed by atoms with Gasteiger partial charge in [0.2, 0.25) is 6.23 Å². The van der Waals surface area contributed by atoms with Crippen molar-refractivity contribution in [3.05, 3.63) is 89.6 Å². The fourth-order valence-electron chi connectivity index (χ4n) is 3.51. The molecule has 0 radical (unpaired) electrons. The Hall–Kier alpha value is -3.08. The highest BCUT2D eigenvalue weighted by Gasteiger charge is 2.42. The average molecular weight is 334 g/mol. The van der Waals surface area contributed by atoms with Gasteiger partial charge in [-0.3, -0.25) is 0 Å². The minimum Gasteiger partial charge on any atom is -0.464 e. The maximum atomic E-state index is 14.4. The standard InChI is InChI=1S/C20H15FN2O2/c21-15-8-3-1-6-13(15)20-23-17(14-7-2-4-9-18(14)25-20)12-16(22-23)19-10-5-11-24-19/h1-11,17,20H,12H2/t17-,20+/m0/s1. The Kier molecular flexibility index (Phi) is 3.13. The van der Waals surface area contributed by atoms with Gasteiger partial charge in [0, 0.05) is 12.0 Å². The first-order valence-corrected chi connectivity index (χ1v) is 8.21. The van der Waals surface area contributed by atoms with Gasteiger partial charge in [0.05, 0.1) is 17.9 Å². The Morgan fingerprint density at radius 1 is 0.960 bits per heavy atom. The summed E-state index contributed by atoms with van der Waals surface area (Å²) in [7, 11) is 0. The van der Waals surface area contributed by atoms with Gasteiger partial charge in [-0.2, -0.15) is 5.10 Å². The van der Waals surface area contributed by atoms with E-state index >= 15 is 0 Å². The van der Waals surface area contributed by atoms with Crippen LogP contribution in [0.15, 0.2) is 76.4 Å². The van der Waals surface area contributed by atoms with Gasteiger partial charge >= 0.3 is 0 Å². The van der Waals surface area contributed by atoms with E-state index in [0.717, 1.165) is 22.8 Å². The molecule has 0 bridgehead atoms. The van der Waals surface area contributed by atoms with E-state index in [4.69, 9.17) is 14.3 Å². The summed E-state index contributed by atoms with van der Waals surface area (Å²) in [5.74, 6) is 1.21. The van der Waals surface area contributed by atoms with Crippen molar-refractivity contribution in [2.75, 3.05) is 0 Å². The number of furan rings is 1. The van der Waals surface area contributed by atoms with Crippen LogP contribution in [0.3, 0.4) is 0 Å². The normalized spacial score (nSPS) is 21.3. The van der Waals surface area contributed by atoms with E-state index < -0.39 is 6.23 Å². The third kappa shape index (κ3) is 2.23. The predicted molar refractivity (Wildman–Crippen MR) is 90.7 cm³/mol. The zero-order valence-electron chi connectivity index (χ0n) is 13.3. The van der Waals surface area contributed by atoms with E-state index in [1.807, 2.05) is 47.5 Å². The molecule has 124 valence electrons. The fourth-order valence-corrected chi connectivity index (χ4v) is 3.51. The number of nitrogens with zero attached hydrogens (tertiary/aromatic N) is 2. The monoisotopic (exact) mass is 334 g/mol. The van der Waals surface area contributed by atoms with Gasteiger partial charge in [-0.1, -0.05) is 36.4 Å². The Morgan fingerprint density at radius 3 is 2.56 bits per heavy atom. The topological polar surface area (TPSA) is 38.0 Å². The summed E-state index contributed by atoms with van der Waals surface area (Å²) in [6.45, 7) is 0.